The van der Waals surface area contributed by atoms with Gasteiger partial charge in [-0.2, -0.15) is 0 Å². The summed E-state index contributed by atoms with van der Waals surface area (Å²) in [6.07, 6.45) is 0. The number of ether oxygens (including phenoxy) is 1. The average Bonchev–Trinajstić information content (AvgIpc) is 2.03. The van der Waals surface area contributed by atoms with Gasteiger partial charge in [0.1, 0.15) is 5.75 Å². The highest BCUT2D eigenvalue weighted by atomic mass is 31.0. The summed E-state index contributed by atoms with van der Waals surface area (Å²) in [5.41, 5.74) is 1.27. The average molecular weight is 182 g/mol. The number of rotatable bonds is 2. The van der Waals surface area contributed by atoms with Gasteiger partial charge in [-0.25, -0.2) is 0 Å². The van der Waals surface area contributed by atoms with Crippen molar-refractivity contribution in [1.29, 1.82) is 0 Å². The van der Waals surface area contributed by atoms with E-state index in [4.69, 9.17) is 4.74 Å². The fourth-order valence-electron chi connectivity index (χ4n) is 1.20. The molecule has 0 heterocycles. The van der Waals surface area contributed by atoms with Gasteiger partial charge in [0.2, 0.25) is 0 Å². The second-order valence-corrected chi connectivity index (χ2v) is 3.82. The SMILES string of the molecule is COc1cc(P)ccc1C(C)C. The summed E-state index contributed by atoms with van der Waals surface area (Å²) in [6.45, 7) is 4.33. The van der Waals surface area contributed by atoms with E-state index in [2.05, 4.69) is 35.2 Å². The minimum absolute atomic E-state index is 0.519. The Kier molecular flexibility index (Phi) is 3.11. The number of hydrogen-bond donors (Lipinski definition) is 0. The molecule has 1 rings (SSSR count). The summed E-state index contributed by atoms with van der Waals surface area (Å²) < 4.78 is 5.27. The highest BCUT2D eigenvalue weighted by Gasteiger charge is 2.05. The summed E-state index contributed by atoms with van der Waals surface area (Å²) in [7, 11) is 4.38. The number of methoxy groups -OCH3 is 1. The Balaban J connectivity index is 3.11. The molecule has 0 aliphatic carbocycles. The van der Waals surface area contributed by atoms with Crippen LogP contribution in [0.1, 0.15) is 25.3 Å². The van der Waals surface area contributed by atoms with Crippen LogP contribution in [0.25, 0.3) is 0 Å². The Labute approximate surface area is 76.3 Å². The van der Waals surface area contributed by atoms with Crippen LogP contribution in [0.2, 0.25) is 0 Å². The standard InChI is InChI=1S/C10H15OP/c1-7(2)9-5-4-8(12)6-10(9)11-3/h4-7H,12H2,1-3H3. The third-order valence-corrected chi connectivity index (χ3v) is 2.24. The Morgan fingerprint density at radius 1 is 1.33 bits per heavy atom. The van der Waals surface area contributed by atoms with Crippen LogP contribution >= 0.6 is 9.24 Å². The fraction of sp³-hybridized carbons (Fsp3) is 0.400. The normalized spacial score (nSPS) is 10.4. The van der Waals surface area contributed by atoms with Gasteiger partial charge in [-0.3, -0.25) is 0 Å². The van der Waals surface area contributed by atoms with Crippen LogP contribution in [0.15, 0.2) is 18.2 Å². The van der Waals surface area contributed by atoms with Crippen molar-refractivity contribution in [1.82, 2.24) is 0 Å². The van der Waals surface area contributed by atoms with Crippen LogP contribution < -0.4 is 10.0 Å². The smallest absolute Gasteiger partial charge is 0.122 e. The number of benzene rings is 1. The molecule has 66 valence electrons. The van der Waals surface area contributed by atoms with Crippen molar-refractivity contribution in [3.8, 4) is 5.75 Å². The zero-order chi connectivity index (χ0) is 9.14. The molecule has 0 aliphatic rings. The first-order valence-electron chi connectivity index (χ1n) is 4.08. The van der Waals surface area contributed by atoms with Gasteiger partial charge < -0.3 is 4.74 Å². The molecule has 0 fully saturated rings. The van der Waals surface area contributed by atoms with Gasteiger partial charge in [0.15, 0.2) is 0 Å². The lowest BCUT2D eigenvalue weighted by Crippen LogP contribution is -1.98. The maximum absolute atomic E-state index is 5.27. The lowest BCUT2D eigenvalue weighted by molar-refractivity contribution is 0.408. The second kappa shape index (κ2) is 3.91. The van der Waals surface area contributed by atoms with Gasteiger partial charge in [-0.1, -0.05) is 26.0 Å². The first-order valence-corrected chi connectivity index (χ1v) is 4.66. The van der Waals surface area contributed by atoms with Crippen LogP contribution in [0.5, 0.6) is 5.75 Å². The molecule has 1 aromatic rings. The predicted molar refractivity (Wildman–Crippen MR) is 56.4 cm³/mol. The molecule has 1 atom stereocenters. The van der Waals surface area contributed by atoms with E-state index in [9.17, 15) is 0 Å². The fourth-order valence-corrected chi connectivity index (χ4v) is 1.45. The molecule has 1 aromatic carbocycles. The molecule has 2 heteroatoms. The van der Waals surface area contributed by atoms with Gasteiger partial charge in [-0.05, 0) is 22.9 Å². The van der Waals surface area contributed by atoms with Gasteiger partial charge in [-0.15, -0.1) is 9.24 Å². The second-order valence-electron chi connectivity index (χ2n) is 3.16. The van der Waals surface area contributed by atoms with Gasteiger partial charge in [0.05, 0.1) is 7.11 Å². The van der Waals surface area contributed by atoms with Crippen molar-refractivity contribution in [2.24, 2.45) is 0 Å². The minimum atomic E-state index is 0.519. The molecule has 0 radical (unpaired) electrons. The number of hydrogen-bond acceptors (Lipinski definition) is 1. The zero-order valence-electron chi connectivity index (χ0n) is 7.79. The quantitative estimate of drug-likeness (QED) is 0.638. The van der Waals surface area contributed by atoms with Crippen LogP contribution in [0.4, 0.5) is 0 Å². The van der Waals surface area contributed by atoms with Crippen molar-refractivity contribution in [3.63, 3.8) is 0 Å². The first kappa shape index (κ1) is 9.54. The molecular weight excluding hydrogens is 167 g/mol. The van der Waals surface area contributed by atoms with Crippen LogP contribution in [-0.2, 0) is 0 Å². The van der Waals surface area contributed by atoms with Crippen molar-refractivity contribution in [3.05, 3.63) is 23.8 Å². The van der Waals surface area contributed by atoms with Crippen molar-refractivity contribution < 1.29 is 4.74 Å². The molecule has 0 bridgehead atoms. The Morgan fingerprint density at radius 3 is 2.50 bits per heavy atom. The molecule has 0 amide bonds. The maximum Gasteiger partial charge on any atom is 0.122 e. The van der Waals surface area contributed by atoms with Crippen molar-refractivity contribution in [2.45, 2.75) is 19.8 Å². The van der Waals surface area contributed by atoms with E-state index in [1.165, 1.54) is 5.56 Å². The first-order chi connectivity index (χ1) is 5.65. The largest absolute Gasteiger partial charge is 0.496 e. The molecule has 0 aromatic heterocycles. The highest BCUT2D eigenvalue weighted by molar-refractivity contribution is 7.27. The molecular formula is C10H15OP. The summed E-state index contributed by atoms with van der Waals surface area (Å²) in [5.74, 6) is 1.50. The molecule has 0 aliphatic heterocycles. The van der Waals surface area contributed by atoms with E-state index < -0.39 is 0 Å². The Morgan fingerprint density at radius 2 is 2.00 bits per heavy atom. The third-order valence-electron chi connectivity index (χ3n) is 1.88. The predicted octanol–water partition coefficient (Wildman–Crippen LogP) is 2.32. The minimum Gasteiger partial charge on any atom is -0.496 e. The highest BCUT2D eigenvalue weighted by Crippen LogP contribution is 2.24. The maximum atomic E-state index is 5.27. The third kappa shape index (κ3) is 1.98. The van der Waals surface area contributed by atoms with E-state index in [1.807, 2.05) is 6.07 Å². The van der Waals surface area contributed by atoms with Gasteiger partial charge >= 0.3 is 0 Å². The summed E-state index contributed by atoms with van der Waals surface area (Å²) in [5, 5.41) is 1.16. The summed E-state index contributed by atoms with van der Waals surface area (Å²) in [4.78, 5) is 0. The molecule has 0 saturated heterocycles. The van der Waals surface area contributed by atoms with E-state index in [1.54, 1.807) is 7.11 Å². The topological polar surface area (TPSA) is 9.23 Å². The van der Waals surface area contributed by atoms with E-state index >= 15 is 0 Å². The Hall–Kier alpha value is -0.550. The van der Waals surface area contributed by atoms with Gasteiger partial charge in [0, 0.05) is 0 Å². The van der Waals surface area contributed by atoms with Crippen LogP contribution in [0.3, 0.4) is 0 Å². The lowest BCUT2D eigenvalue weighted by Gasteiger charge is -2.11. The van der Waals surface area contributed by atoms with Crippen molar-refractivity contribution >= 4 is 14.5 Å². The van der Waals surface area contributed by atoms with Crippen molar-refractivity contribution in [2.75, 3.05) is 7.11 Å². The Bertz CT molecular complexity index is 269. The molecule has 12 heavy (non-hydrogen) atoms. The van der Waals surface area contributed by atoms with Crippen LogP contribution in [-0.4, -0.2) is 7.11 Å². The molecule has 1 unspecified atom stereocenters. The zero-order valence-corrected chi connectivity index (χ0v) is 8.95. The summed E-state index contributed by atoms with van der Waals surface area (Å²) in [6, 6.07) is 6.24. The summed E-state index contributed by atoms with van der Waals surface area (Å²) >= 11 is 0. The van der Waals surface area contributed by atoms with E-state index in [-0.39, 0.29) is 0 Å². The van der Waals surface area contributed by atoms with E-state index in [0.29, 0.717) is 5.92 Å². The van der Waals surface area contributed by atoms with E-state index in [0.717, 1.165) is 11.1 Å². The molecule has 0 saturated carbocycles. The molecule has 0 N–H and O–H groups in total. The lowest BCUT2D eigenvalue weighted by atomic mass is 10.0. The monoisotopic (exact) mass is 182 g/mol. The molecule has 0 spiro atoms. The van der Waals surface area contributed by atoms with Crippen LogP contribution in [0, 0.1) is 0 Å². The molecule has 1 nitrogen and oxygen atoms in total. The van der Waals surface area contributed by atoms with Gasteiger partial charge in [0.25, 0.3) is 0 Å².